The molecule has 0 saturated heterocycles. The van der Waals surface area contributed by atoms with E-state index in [1.807, 2.05) is 44.2 Å². The molecule has 162 valence electrons. The summed E-state index contributed by atoms with van der Waals surface area (Å²) >= 11 is 0. The fourth-order valence-corrected chi connectivity index (χ4v) is 3.14. The molecule has 1 atom stereocenters. The van der Waals surface area contributed by atoms with Gasteiger partial charge < -0.3 is 20.1 Å². The average molecular weight is 416 g/mol. The topological polar surface area (TPSA) is 78.9 Å². The third-order valence-corrected chi connectivity index (χ3v) is 4.62. The first-order chi connectivity index (χ1) is 14.5. The van der Waals surface area contributed by atoms with E-state index in [0.29, 0.717) is 19.5 Å². The van der Waals surface area contributed by atoms with E-state index in [9.17, 15) is 19.1 Å². The van der Waals surface area contributed by atoms with Gasteiger partial charge in [-0.2, -0.15) is 0 Å². The number of amides is 2. The Morgan fingerprint density at radius 2 is 1.87 bits per heavy atom. The molecule has 2 amide bonds. The maximum atomic E-state index is 14.4. The predicted molar refractivity (Wildman–Crippen MR) is 113 cm³/mol. The highest BCUT2D eigenvalue weighted by molar-refractivity contribution is 5.97. The molecule has 0 spiro atoms. The summed E-state index contributed by atoms with van der Waals surface area (Å²) in [5.74, 6) is -1.60. The number of nitrogens with one attached hydrogen (secondary N) is 1. The van der Waals surface area contributed by atoms with Crippen molar-refractivity contribution < 1.29 is 23.8 Å². The minimum absolute atomic E-state index is 0.0216. The molecule has 0 aliphatic rings. The van der Waals surface area contributed by atoms with Crippen molar-refractivity contribution in [3.63, 3.8) is 0 Å². The number of carbonyl (C=O) groups is 2. The largest absolute Gasteiger partial charge is 0.483 e. The van der Waals surface area contributed by atoms with Gasteiger partial charge in [0.15, 0.2) is 6.61 Å². The molecule has 2 aromatic rings. The van der Waals surface area contributed by atoms with Crippen molar-refractivity contribution in [3.8, 4) is 5.75 Å². The van der Waals surface area contributed by atoms with Crippen LogP contribution in [0.3, 0.4) is 0 Å². The number of halogens is 1. The molecule has 2 rings (SSSR count). The SMILES string of the molecule is CCCN(CC)C(=O)c1c(F)cccc1OCC(=O)N[C@H](CO)Cc1ccccc1. The fraction of sp³-hybridized carbons (Fsp3) is 0.391. The van der Waals surface area contributed by atoms with Crippen molar-refractivity contribution in [2.24, 2.45) is 0 Å². The first-order valence-electron chi connectivity index (χ1n) is 10.1. The van der Waals surface area contributed by atoms with Gasteiger partial charge >= 0.3 is 0 Å². The molecule has 0 aliphatic heterocycles. The van der Waals surface area contributed by atoms with Gasteiger partial charge in [0.1, 0.15) is 17.1 Å². The third kappa shape index (κ3) is 6.56. The van der Waals surface area contributed by atoms with E-state index in [-0.39, 0.29) is 17.9 Å². The van der Waals surface area contributed by atoms with Gasteiger partial charge in [0.25, 0.3) is 11.8 Å². The summed E-state index contributed by atoms with van der Waals surface area (Å²) in [5.41, 5.74) is 0.801. The Morgan fingerprint density at radius 3 is 2.50 bits per heavy atom. The summed E-state index contributed by atoms with van der Waals surface area (Å²) in [7, 11) is 0. The molecule has 0 aliphatic carbocycles. The van der Waals surface area contributed by atoms with Crippen molar-refractivity contribution in [2.45, 2.75) is 32.7 Å². The third-order valence-electron chi connectivity index (χ3n) is 4.62. The van der Waals surface area contributed by atoms with Crippen LogP contribution >= 0.6 is 0 Å². The highest BCUT2D eigenvalue weighted by atomic mass is 19.1. The van der Waals surface area contributed by atoms with Crippen LogP contribution in [-0.2, 0) is 11.2 Å². The molecular weight excluding hydrogens is 387 g/mol. The zero-order chi connectivity index (χ0) is 21.9. The van der Waals surface area contributed by atoms with Crippen LogP contribution in [0, 0.1) is 5.82 Å². The highest BCUT2D eigenvalue weighted by Crippen LogP contribution is 2.23. The van der Waals surface area contributed by atoms with E-state index in [0.717, 1.165) is 12.0 Å². The normalized spacial score (nSPS) is 11.6. The fourth-order valence-electron chi connectivity index (χ4n) is 3.14. The van der Waals surface area contributed by atoms with Gasteiger partial charge in [0, 0.05) is 13.1 Å². The molecule has 0 unspecified atom stereocenters. The molecule has 0 fully saturated rings. The van der Waals surface area contributed by atoms with Crippen molar-refractivity contribution >= 4 is 11.8 Å². The highest BCUT2D eigenvalue weighted by Gasteiger charge is 2.23. The smallest absolute Gasteiger partial charge is 0.260 e. The zero-order valence-corrected chi connectivity index (χ0v) is 17.4. The summed E-state index contributed by atoms with van der Waals surface area (Å²) in [6.07, 6.45) is 1.21. The van der Waals surface area contributed by atoms with Crippen LogP contribution in [0.2, 0.25) is 0 Å². The Bertz CT molecular complexity index is 829. The van der Waals surface area contributed by atoms with E-state index in [1.165, 1.54) is 23.1 Å². The molecule has 2 N–H and O–H groups in total. The minimum Gasteiger partial charge on any atom is -0.483 e. The Kier molecular flexibility index (Phi) is 9.28. The molecule has 6 nitrogen and oxygen atoms in total. The first kappa shape index (κ1) is 23.3. The number of nitrogens with zero attached hydrogens (tertiary/aromatic N) is 1. The second-order valence-corrected chi connectivity index (χ2v) is 6.92. The zero-order valence-electron chi connectivity index (χ0n) is 17.4. The minimum atomic E-state index is -0.690. The van der Waals surface area contributed by atoms with Crippen LogP contribution in [0.5, 0.6) is 5.75 Å². The van der Waals surface area contributed by atoms with Crippen molar-refractivity contribution in [2.75, 3.05) is 26.3 Å². The molecule has 0 saturated carbocycles. The molecule has 7 heteroatoms. The van der Waals surface area contributed by atoms with E-state index < -0.39 is 30.3 Å². The second kappa shape index (κ2) is 11.9. The quantitative estimate of drug-likeness (QED) is 0.590. The number of aliphatic hydroxyl groups is 1. The molecule has 0 bridgehead atoms. The lowest BCUT2D eigenvalue weighted by Gasteiger charge is -2.22. The Labute approximate surface area is 176 Å². The number of hydrogen-bond donors (Lipinski definition) is 2. The standard InChI is InChI=1S/C23H29FN2O4/c1-3-13-26(4-2)23(29)22-19(24)11-8-12-20(22)30-16-21(28)25-18(15-27)14-17-9-6-5-7-10-17/h5-12,18,27H,3-4,13-16H2,1-2H3,(H,25,28)/t18-/m0/s1. The van der Waals surface area contributed by atoms with Crippen molar-refractivity contribution in [3.05, 3.63) is 65.5 Å². The molecule has 2 aromatic carbocycles. The molecule has 0 aromatic heterocycles. The lowest BCUT2D eigenvalue weighted by Crippen LogP contribution is -2.41. The van der Waals surface area contributed by atoms with Crippen molar-refractivity contribution in [1.82, 2.24) is 10.2 Å². The van der Waals surface area contributed by atoms with Crippen molar-refractivity contribution in [1.29, 1.82) is 0 Å². The number of carbonyl (C=O) groups excluding carboxylic acids is 2. The number of rotatable bonds is 11. The maximum Gasteiger partial charge on any atom is 0.260 e. The molecule has 0 radical (unpaired) electrons. The monoisotopic (exact) mass is 416 g/mol. The Hall–Kier alpha value is -2.93. The van der Waals surface area contributed by atoms with Crippen LogP contribution in [0.4, 0.5) is 4.39 Å². The van der Waals surface area contributed by atoms with Gasteiger partial charge in [-0.3, -0.25) is 9.59 Å². The van der Waals surface area contributed by atoms with Gasteiger partial charge in [0.05, 0.1) is 12.6 Å². The van der Waals surface area contributed by atoms with Gasteiger partial charge in [-0.25, -0.2) is 4.39 Å². The lowest BCUT2D eigenvalue weighted by molar-refractivity contribution is -0.124. The second-order valence-electron chi connectivity index (χ2n) is 6.92. The van der Waals surface area contributed by atoms with Crippen LogP contribution < -0.4 is 10.1 Å². The number of hydrogen-bond acceptors (Lipinski definition) is 4. The van der Waals surface area contributed by atoms with Crippen LogP contribution in [-0.4, -0.2) is 54.2 Å². The number of ether oxygens (including phenoxy) is 1. The van der Waals surface area contributed by atoms with Gasteiger partial charge in [-0.1, -0.05) is 43.3 Å². The lowest BCUT2D eigenvalue weighted by atomic mass is 10.1. The Morgan fingerprint density at radius 1 is 1.13 bits per heavy atom. The maximum absolute atomic E-state index is 14.4. The van der Waals surface area contributed by atoms with Crippen LogP contribution in [0.1, 0.15) is 36.2 Å². The van der Waals surface area contributed by atoms with Gasteiger partial charge in [-0.15, -0.1) is 0 Å². The molecular formula is C23H29FN2O4. The molecule has 0 heterocycles. The first-order valence-corrected chi connectivity index (χ1v) is 10.1. The van der Waals surface area contributed by atoms with E-state index in [1.54, 1.807) is 0 Å². The van der Waals surface area contributed by atoms with E-state index in [2.05, 4.69) is 5.32 Å². The summed E-state index contributed by atoms with van der Waals surface area (Å²) in [5, 5.41) is 12.3. The molecule has 30 heavy (non-hydrogen) atoms. The van der Waals surface area contributed by atoms with E-state index >= 15 is 0 Å². The van der Waals surface area contributed by atoms with Crippen LogP contribution in [0.25, 0.3) is 0 Å². The number of benzene rings is 2. The average Bonchev–Trinajstić information content (AvgIpc) is 2.75. The summed E-state index contributed by atoms with van der Waals surface area (Å²) in [6, 6.07) is 13.1. The van der Waals surface area contributed by atoms with E-state index in [4.69, 9.17) is 4.74 Å². The van der Waals surface area contributed by atoms with Gasteiger partial charge in [-0.05, 0) is 37.5 Å². The van der Waals surface area contributed by atoms with Gasteiger partial charge in [0.2, 0.25) is 0 Å². The Balaban J connectivity index is 2.03. The summed E-state index contributed by atoms with van der Waals surface area (Å²) < 4.78 is 19.9. The summed E-state index contributed by atoms with van der Waals surface area (Å²) in [6.45, 7) is 4.08. The number of aliphatic hydroxyl groups excluding tert-OH is 1. The predicted octanol–water partition coefficient (Wildman–Crippen LogP) is 2.80. The van der Waals surface area contributed by atoms with Crippen LogP contribution in [0.15, 0.2) is 48.5 Å². The summed E-state index contributed by atoms with van der Waals surface area (Å²) in [4.78, 5) is 26.6.